The molecule has 25 heavy (non-hydrogen) atoms. The Morgan fingerprint density at radius 2 is 2.00 bits per heavy atom. The molecule has 2 aromatic rings. The number of amides is 1. The van der Waals surface area contributed by atoms with Crippen LogP contribution in [0.1, 0.15) is 22.5 Å². The molecule has 0 aliphatic carbocycles. The molecule has 8 heteroatoms. The topological polar surface area (TPSA) is 88.2 Å². The van der Waals surface area contributed by atoms with Gasteiger partial charge < -0.3 is 10.6 Å². The lowest BCUT2D eigenvalue weighted by molar-refractivity contribution is 0.0946. The largest absolute Gasteiger partial charge is 0.381 e. The average Bonchev–Trinajstić information content (AvgIpc) is 2.93. The van der Waals surface area contributed by atoms with Crippen LogP contribution in [0, 0.1) is 5.82 Å². The molecule has 6 nitrogen and oxygen atoms in total. The third kappa shape index (κ3) is 4.76. The minimum atomic E-state index is -2.97. The van der Waals surface area contributed by atoms with Crippen LogP contribution in [0.4, 0.5) is 10.1 Å². The van der Waals surface area contributed by atoms with E-state index in [4.69, 9.17) is 0 Å². The second-order valence-electron chi connectivity index (χ2n) is 5.98. The van der Waals surface area contributed by atoms with Gasteiger partial charge in [-0.1, -0.05) is 12.1 Å². The summed E-state index contributed by atoms with van der Waals surface area (Å²) >= 11 is 0. The van der Waals surface area contributed by atoms with E-state index >= 15 is 0 Å². The van der Waals surface area contributed by atoms with Crippen LogP contribution in [0.15, 0.2) is 42.6 Å². The molecule has 1 amide bonds. The summed E-state index contributed by atoms with van der Waals surface area (Å²) in [5.41, 5.74) is 1.66. The summed E-state index contributed by atoms with van der Waals surface area (Å²) in [6, 6.07) is 9.00. The number of anilines is 1. The zero-order chi connectivity index (χ0) is 17.9. The monoisotopic (exact) mass is 363 g/mol. The fraction of sp³-hybridized carbons (Fsp3) is 0.294. The van der Waals surface area contributed by atoms with Crippen molar-refractivity contribution in [1.29, 1.82) is 0 Å². The summed E-state index contributed by atoms with van der Waals surface area (Å²) in [6.45, 7) is 0.263. The number of nitrogens with zero attached hydrogens (tertiary/aromatic N) is 1. The molecule has 1 aromatic carbocycles. The van der Waals surface area contributed by atoms with E-state index in [1.165, 1.54) is 18.3 Å². The Kier molecular flexibility index (Phi) is 4.98. The van der Waals surface area contributed by atoms with Crippen LogP contribution in [0.3, 0.4) is 0 Å². The van der Waals surface area contributed by atoms with Crippen molar-refractivity contribution in [3.63, 3.8) is 0 Å². The SMILES string of the molecule is O=C(NCc1ccc(F)cc1)c1cc(NC2CCS(=O)(=O)C2)ccn1. The van der Waals surface area contributed by atoms with Crippen LogP contribution in [0.5, 0.6) is 0 Å². The van der Waals surface area contributed by atoms with Crippen LogP contribution in [0.2, 0.25) is 0 Å². The number of rotatable bonds is 5. The lowest BCUT2D eigenvalue weighted by Gasteiger charge is -2.13. The van der Waals surface area contributed by atoms with E-state index in [1.807, 2.05) is 0 Å². The Labute approximate surface area is 145 Å². The standard InChI is InChI=1S/C17H18FN3O3S/c18-13-3-1-12(2-4-13)10-20-17(22)16-9-14(5-7-19-16)21-15-6-8-25(23,24)11-15/h1-5,7,9,15H,6,8,10-11H2,(H,19,21)(H,20,22). The van der Waals surface area contributed by atoms with E-state index in [2.05, 4.69) is 15.6 Å². The Hall–Kier alpha value is -2.48. The summed E-state index contributed by atoms with van der Waals surface area (Å²) < 4.78 is 35.9. The quantitative estimate of drug-likeness (QED) is 0.845. The first-order chi connectivity index (χ1) is 11.9. The lowest BCUT2D eigenvalue weighted by atomic mass is 10.2. The highest BCUT2D eigenvalue weighted by Crippen LogP contribution is 2.17. The summed E-state index contributed by atoms with van der Waals surface area (Å²) in [4.78, 5) is 16.2. The van der Waals surface area contributed by atoms with Gasteiger partial charge in [-0.3, -0.25) is 9.78 Å². The van der Waals surface area contributed by atoms with Crippen molar-refractivity contribution in [2.75, 3.05) is 16.8 Å². The number of pyridine rings is 1. The fourth-order valence-electron chi connectivity index (χ4n) is 2.66. The van der Waals surface area contributed by atoms with Crippen molar-refractivity contribution in [3.05, 3.63) is 59.7 Å². The number of hydrogen-bond acceptors (Lipinski definition) is 5. The first kappa shape index (κ1) is 17.3. The van der Waals surface area contributed by atoms with E-state index in [9.17, 15) is 17.6 Å². The van der Waals surface area contributed by atoms with Crippen molar-refractivity contribution in [3.8, 4) is 0 Å². The minimum absolute atomic E-state index is 0.0986. The van der Waals surface area contributed by atoms with Gasteiger partial charge in [0, 0.05) is 24.5 Å². The average molecular weight is 363 g/mol. The molecule has 132 valence electrons. The Bertz CT molecular complexity index is 869. The molecule has 2 N–H and O–H groups in total. The number of sulfone groups is 1. The van der Waals surface area contributed by atoms with Crippen LogP contribution in [0.25, 0.3) is 0 Å². The van der Waals surface area contributed by atoms with Crippen molar-refractivity contribution in [2.45, 2.75) is 19.0 Å². The maximum Gasteiger partial charge on any atom is 0.270 e. The molecule has 0 bridgehead atoms. The van der Waals surface area contributed by atoms with E-state index < -0.39 is 9.84 Å². The van der Waals surface area contributed by atoms with E-state index in [1.54, 1.807) is 24.3 Å². The zero-order valence-corrected chi connectivity index (χ0v) is 14.2. The van der Waals surface area contributed by atoms with Gasteiger partial charge in [0.25, 0.3) is 5.91 Å². The zero-order valence-electron chi connectivity index (χ0n) is 13.4. The van der Waals surface area contributed by atoms with Gasteiger partial charge in [-0.25, -0.2) is 12.8 Å². The number of aromatic nitrogens is 1. The Morgan fingerprint density at radius 3 is 2.68 bits per heavy atom. The highest BCUT2D eigenvalue weighted by atomic mass is 32.2. The second-order valence-corrected chi connectivity index (χ2v) is 8.21. The molecular formula is C17H18FN3O3S. The number of carbonyl (C=O) groups excluding carboxylic acids is 1. The number of carbonyl (C=O) groups is 1. The molecule has 1 atom stereocenters. The molecular weight excluding hydrogens is 345 g/mol. The molecule has 1 fully saturated rings. The predicted octanol–water partition coefficient (Wildman–Crippen LogP) is 1.75. The van der Waals surface area contributed by atoms with Gasteiger partial charge >= 0.3 is 0 Å². The molecule has 0 spiro atoms. The number of halogens is 1. The Balaban J connectivity index is 1.60. The maximum absolute atomic E-state index is 12.9. The van der Waals surface area contributed by atoms with Crippen LogP contribution in [-0.4, -0.2) is 36.9 Å². The van der Waals surface area contributed by atoms with Gasteiger partial charge in [0.2, 0.25) is 0 Å². The summed E-state index contributed by atoms with van der Waals surface area (Å²) in [6.07, 6.45) is 2.05. The molecule has 0 radical (unpaired) electrons. The van der Waals surface area contributed by atoms with Gasteiger partial charge in [0.15, 0.2) is 9.84 Å². The van der Waals surface area contributed by atoms with Crippen molar-refractivity contribution in [1.82, 2.24) is 10.3 Å². The van der Waals surface area contributed by atoms with E-state index in [-0.39, 0.29) is 41.5 Å². The molecule has 1 aromatic heterocycles. The molecule has 2 heterocycles. The second kappa shape index (κ2) is 7.18. The van der Waals surface area contributed by atoms with Gasteiger partial charge in [-0.15, -0.1) is 0 Å². The van der Waals surface area contributed by atoms with Gasteiger partial charge in [0.1, 0.15) is 11.5 Å². The molecule has 0 saturated carbocycles. The number of nitrogens with one attached hydrogen (secondary N) is 2. The molecule has 1 aliphatic rings. The number of hydrogen-bond donors (Lipinski definition) is 2. The van der Waals surface area contributed by atoms with Crippen LogP contribution in [-0.2, 0) is 16.4 Å². The highest BCUT2D eigenvalue weighted by Gasteiger charge is 2.27. The molecule has 3 rings (SSSR count). The smallest absolute Gasteiger partial charge is 0.270 e. The predicted molar refractivity (Wildman–Crippen MR) is 92.5 cm³/mol. The van der Waals surface area contributed by atoms with Crippen LogP contribution >= 0.6 is 0 Å². The number of benzene rings is 1. The van der Waals surface area contributed by atoms with Gasteiger partial charge in [-0.2, -0.15) is 0 Å². The lowest BCUT2D eigenvalue weighted by Crippen LogP contribution is -2.24. The van der Waals surface area contributed by atoms with Gasteiger partial charge in [-0.05, 0) is 36.2 Å². The van der Waals surface area contributed by atoms with E-state index in [0.717, 1.165) is 5.56 Å². The van der Waals surface area contributed by atoms with Crippen LogP contribution < -0.4 is 10.6 Å². The minimum Gasteiger partial charge on any atom is -0.381 e. The third-order valence-electron chi connectivity index (χ3n) is 3.96. The molecule has 1 saturated heterocycles. The first-order valence-electron chi connectivity index (χ1n) is 7.87. The third-order valence-corrected chi connectivity index (χ3v) is 5.73. The Morgan fingerprint density at radius 1 is 1.24 bits per heavy atom. The summed E-state index contributed by atoms with van der Waals surface area (Å²) in [5.74, 6) is -0.404. The highest BCUT2D eigenvalue weighted by molar-refractivity contribution is 7.91. The van der Waals surface area contributed by atoms with Crippen molar-refractivity contribution < 1.29 is 17.6 Å². The molecule has 1 unspecified atom stereocenters. The maximum atomic E-state index is 12.9. The fourth-order valence-corrected chi connectivity index (χ4v) is 4.34. The summed E-state index contributed by atoms with van der Waals surface area (Å²) in [7, 11) is -2.97. The summed E-state index contributed by atoms with van der Waals surface area (Å²) in [5, 5.41) is 5.85. The molecule has 1 aliphatic heterocycles. The van der Waals surface area contributed by atoms with E-state index in [0.29, 0.717) is 12.1 Å². The normalized spacial score (nSPS) is 18.7. The first-order valence-corrected chi connectivity index (χ1v) is 9.69. The van der Waals surface area contributed by atoms with Gasteiger partial charge in [0.05, 0.1) is 11.5 Å². The van der Waals surface area contributed by atoms with Crippen molar-refractivity contribution >= 4 is 21.4 Å². The van der Waals surface area contributed by atoms with Crippen molar-refractivity contribution in [2.24, 2.45) is 0 Å².